The van der Waals surface area contributed by atoms with Crippen molar-refractivity contribution in [2.24, 2.45) is 0 Å². The van der Waals surface area contributed by atoms with Crippen LogP contribution in [0.1, 0.15) is 19.4 Å². The van der Waals surface area contributed by atoms with Gasteiger partial charge in [0.15, 0.2) is 16.5 Å². The number of anilines is 1. The van der Waals surface area contributed by atoms with E-state index in [0.29, 0.717) is 16.6 Å². The van der Waals surface area contributed by atoms with Crippen LogP contribution in [0.5, 0.6) is 11.5 Å². The third kappa shape index (κ3) is 3.04. The minimum atomic E-state index is -1.03. The molecule has 1 aliphatic rings. The van der Waals surface area contributed by atoms with Gasteiger partial charge in [-0.15, -0.1) is 11.3 Å². The number of nitrogens with one attached hydrogen (secondary N) is 2. The minimum absolute atomic E-state index is 0.256. The lowest BCUT2D eigenvalue weighted by molar-refractivity contribution is -0.128. The van der Waals surface area contributed by atoms with E-state index in [0.717, 1.165) is 5.56 Å². The summed E-state index contributed by atoms with van der Waals surface area (Å²) in [6.07, 6.45) is 5.19. The van der Waals surface area contributed by atoms with Crippen molar-refractivity contribution < 1.29 is 14.4 Å². The van der Waals surface area contributed by atoms with Crippen molar-refractivity contribution in [2.45, 2.75) is 19.4 Å². The van der Waals surface area contributed by atoms with E-state index in [1.807, 2.05) is 12.1 Å². The van der Waals surface area contributed by atoms with Crippen LogP contribution in [0.4, 0.5) is 5.13 Å². The topological polar surface area (TPSA) is 72.5 Å². The third-order valence-electron chi connectivity index (χ3n) is 3.05. The fourth-order valence-corrected chi connectivity index (χ4v) is 2.43. The van der Waals surface area contributed by atoms with Crippen molar-refractivity contribution in [2.75, 3.05) is 5.32 Å². The van der Waals surface area contributed by atoms with Gasteiger partial charge in [-0.05, 0) is 38.1 Å². The highest BCUT2D eigenvalue weighted by Gasteiger charge is 2.30. The van der Waals surface area contributed by atoms with E-state index >= 15 is 0 Å². The summed E-state index contributed by atoms with van der Waals surface area (Å²) in [5.74, 6) is 1.04. The zero-order valence-corrected chi connectivity index (χ0v) is 12.9. The van der Waals surface area contributed by atoms with Crippen molar-refractivity contribution in [3.05, 3.63) is 41.5 Å². The smallest absolute Gasteiger partial charge is 0.269 e. The van der Waals surface area contributed by atoms with Crippen molar-refractivity contribution in [1.29, 1.82) is 0 Å². The molecule has 0 saturated carbocycles. The van der Waals surface area contributed by atoms with Gasteiger partial charge in [0, 0.05) is 23.3 Å². The van der Waals surface area contributed by atoms with Gasteiger partial charge >= 0.3 is 0 Å². The third-order valence-corrected chi connectivity index (χ3v) is 3.74. The summed E-state index contributed by atoms with van der Waals surface area (Å²) in [7, 11) is 0. The van der Waals surface area contributed by atoms with E-state index in [-0.39, 0.29) is 5.91 Å². The summed E-state index contributed by atoms with van der Waals surface area (Å²) >= 11 is 1.36. The molecule has 0 spiro atoms. The number of hydrogen-bond donors (Lipinski definition) is 2. The van der Waals surface area contributed by atoms with Crippen LogP contribution in [-0.4, -0.2) is 16.5 Å². The molecule has 2 heterocycles. The Bertz CT molecular complexity index is 711. The summed E-state index contributed by atoms with van der Waals surface area (Å²) in [4.78, 5) is 21.6. The van der Waals surface area contributed by atoms with Gasteiger partial charge in [-0.2, -0.15) is 0 Å². The molecule has 1 amide bonds. The molecule has 1 aromatic heterocycles. The Hall–Kier alpha value is -2.54. The van der Waals surface area contributed by atoms with Gasteiger partial charge in [-0.1, -0.05) is 0 Å². The monoisotopic (exact) mass is 317 g/mol. The van der Waals surface area contributed by atoms with Gasteiger partial charge in [0.05, 0.1) is 0 Å². The number of benzene rings is 1. The second-order valence-corrected chi connectivity index (χ2v) is 6.05. The molecule has 0 radical (unpaired) electrons. The van der Waals surface area contributed by atoms with Gasteiger partial charge in [0.25, 0.3) is 5.91 Å². The Morgan fingerprint density at radius 2 is 2.32 bits per heavy atom. The van der Waals surface area contributed by atoms with Gasteiger partial charge in [0.2, 0.25) is 0 Å². The largest absolute Gasteiger partial charge is 0.478 e. The number of hydroxylamine groups is 1. The van der Waals surface area contributed by atoms with Crippen LogP contribution in [0.25, 0.3) is 6.08 Å². The molecule has 0 aliphatic carbocycles. The number of ether oxygens (including phenoxy) is 1. The quantitative estimate of drug-likeness (QED) is 0.907. The summed E-state index contributed by atoms with van der Waals surface area (Å²) < 4.78 is 5.83. The van der Waals surface area contributed by atoms with Crippen molar-refractivity contribution in [3.8, 4) is 11.5 Å². The van der Waals surface area contributed by atoms with E-state index in [9.17, 15) is 4.79 Å². The lowest BCUT2D eigenvalue weighted by Gasteiger charge is -2.25. The van der Waals surface area contributed by atoms with Crippen molar-refractivity contribution >= 4 is 28.5 Å². The maximum absolute atomic E-state index is 12.3. The van der Waals surface area contributed by atoms with E-state index in [1.54, 1.807) is 43.8 Å². The molecule has 1 aliphatic heterocycles. The van der Waals surface area contributed by atoms with Crippen LogP contribution >= 0.6 is 11.3 Å². The maximum atomic E-state index is 12.3. The van der Waals surface area contributed by atoms with Crippen LogP contribution in [0.3, 0.4) is 0 Å². The summed E-state index contributed by atoms with van der Waals surface area (Å²) in [6.45, 7) is 3.42. The predicted molar refractivity (Wildman–Crippen MR) is 84.7 cm³/mol. The number of hydrogen-bond acceptors (Lipinski definition) is 6. The van der Waals surface area contributed by atoms with E-state index in [1.165, 1.54) is 11.3 Å². The number of fused-ring (bicyclic) bond motifs is 1. The Labute approximate surface area is 131 Å². The number of amides is 1. The van der Waals surface area contributed by atoms with Crippen LogP contribution in [-0.2, 0) is 4.79 Å². The summed E-state index contributed by atoms with van der Waals surface area (Å²) in [6, 6.07) is 5.37. The second-order valence-electron chi connectivity index (χ2n) is 5.16. The fraction of sp³-hybridized carbons (Fsp3) is 0.200. The number of rotatable bonds is 4. The molecule has 2 N–H and O–H groups in total. The molecule has 0 saturated heterocycles. The van der Waals surface area contributed by atoms with Crippen LogP contribution in [0.15, 0.2) is 36.0 Å². The fourth-order valence-electron chi connectivity index (χ4n) is 1.91. The molecule has 2 aromatic rings. The van der Waals surface area contributed by atoms with E-state index < -0.39 is 5.60 Å². The number of carbonyl (C=O) groups is 1. The highest BCUT2D eigenvalue weighted by molar-refractivity contribution is 7.13. The van der Waals surface area contributed by atoms with Crippen LogP contribution in [0.2, 0.25) is 0 Å². The van der Waals surface area contributed by atoms with Crippen molar-refractivity contribution in [1.82, 2.24) is 10.5 Å². The minimum Gasteiger partial charge on any atom is -0.478 e. The lowest BCUT2D eigenvalue weighted by atomic mass is 10.1. The lowest BCUT2D eigenvalue weighted by Crippen LogP contribution is -2.42. The number of aromatic nitrogens is 1. The molecule has 114 valence electrons. The Balaban J connectivity index is 1.73. The zero-order chi connectivity index (χ0) is 15.6. The van der Waals surface area contributed by atoms with Gasteiger partial charge < -0.3 is 9.57 Å². The first-order valence-electron chi connectivity index (χ1n) is 6.67. The van der Waals surface area contributed by atoms with Gasteiger partial charge in [-0.25, -0.2) is 10.5 Å². The average molecular weight is 317 g/mol. The standard InChI is InChI=1S/C15H15N3O3S/c1-15(2,13(19)18-14-16-7-8-22-14)20-11-3-4-12-10(9-11)5-6-17-21-12/h3-9,17H,1-2H3,(H,16,18,19). The van der Waals surface area contributed by atoms with Crippen molar-refractivity contribution in [3.63, 3.8) is 0 Å². The summed E-state index contributed by atoms with van der Waals surface area (Å²) in [5.41, 5.74) is 2.51. The normalized spacial score (nSPS) is 12.8. The Kier molecular flexibility index (Phi) is 3.72. The average Bonchev–Trinajstić information content (AvgIpc) is 2.99. The Morgan fingerprint density at radius 3 is 3.09 bits per heavy atom. The Morgan fingerprint density at radius 1 is 1.45 bits per heavy atom. The zero-order valence-electron chi connectivity index (χ0n) is 12.1. The molecule has 0 bridgehead atoms. The highest BCUT2D eigenvalue weighted by atomic mass is 32.1. The SMILES string of the molecule is CC(C)(Oc1ccc2c(c1)C=CNO2)C(=O)Nc1nccs1. The highest BCUT2D eigenvalue weighted by Crippen LogP contribution is 2.29. The van der Waals surface area contributed by atoms with Gasteiger partial charge in [0.1, 0.15) is 5.75 Å². The molecule has 22 heavy (non-hydrogen) atoms. The van der Waals surface area contributed by atoms with E-state index in [2.05, 4.69) is 15.8 Å². The predicted octanol–water partition coefficient (Wildman–Crippen LogP) is 2.81. The molecule has 0 unspecified atom stereocenters. The molecule has 0 atom stereocenters. The number of nitrogens with zero attached hydrogens (tertiary/aromatic N) is 1. The first kappa shape index (κ1) is 14.4. The molecule has 6 nitrogen and oxygen atoms in total. The molecule has 7 heteroatoms. The van der Waals surface area contributed by atoms with Crippen LogP contribution in [0, 0.1) is 0 Å². The molecule has 3 rings (SSSR count). The van der Waals surface area contributed by atoms with Crippen LogP contribution < -0.4 is 20.4 Å². The molecule has 0 fully saturated rings. The number of carbonyl (C=O) groups excluding carboxylic acids is 1. The molecule has 1 aromatic carbocycles. The summed E-state index contributed by atoms with van der Waals surface area (Å²) in [5, 5.41) is 5.09. The van der Waals surface area contributed by atoms with E-state index in [4.69, 9.17) is 9.57 Å². The molecular weight excluding hydrogens is 302 g/mol. The first-order valence-corrected chi connectivity index (χ1v) is 7.55. The second kappa shape index (κ2) is 5.69. The first-order chi connectivity index (χ1) is 10.5. The number of thiazole rings is 1. The molecular formula is C15H15N3O3S. The van der Waals surface area contributed by atoms with Gasteiger partial charge in [-0.3, -0.25) is 10.1 Å². The maximum Gasteiger partial charge on any atom is 0.269 e.